The average Bonchev–Trinajstić information content (AvgIpc) is 3.16. The lowest BCUT2D eigenvalue weighted by atomic mass is 9.92. The number of benzene rings is 4. The van der Waals surface area contributed by atoms with Crippen molar-refractivity contribution < 1.29 is 17.9 Å². The zero-order valence-corrected chi connectivity index (χ0v) is 21.0. The van der Waals surface area contributed by atoms with Crippen LogP contribution in [-0.2, 0) is 22.9 Å². The molecular formula is C30H29NO4S. The molecule has 1 N–H and O–H groups in total. The van der Waals surface area contributed by atoms with Gasteiger partial charge in [0.25, 0.3) is 0 Å². The van der Waals surface area contributed by atoms with Crippen LogP contribution in [0.4, 0.5) is 0 Å². The first-order chi connectivity index (χ1) is 17.6. The molecule has 0 spiro atoms. The molecule has 5 rings (SSSR count). The largest absolute Gasteiger partial charge is 0.496 e. The van der Waals surface area contributed by atoms with Crippen LogP contribution in [0.1, 0.15) is 21.9 Å². The molecule has 4 aromatic carbocycles. The Labute approximate surface area is 212 Å². The van der Waals surface area contributed by atoms with Gasteiger partial charge in [-0.1, -0.05) is 66.7 Å². The van der Waals surface area contributed by atoms with E-state index in [9.17, 15) is 8.42 Å². The topological polar surface area (TPSA) is 64.6 Å². The van der Waals surface area contributed by atoms with Gasteiger partial charge in [-0.2, -0.15) is 0 Å². The lowest BCUT2D eigenvalue weighted by Gasteiger charge is -2.22. The standard InChI is InChI=1S/C30H29NO4S/c1-34-28-13-6-5-10-24(28)21-35-25-14-16-26(17-15-25)36(32,33)29-20-31-19-18-23-11-7-12-27(30(23)29)22-8-3-2-4-9-22/h2-17,29,31H,18-21H2,1H3. The molecule has 0 saturated heterocycles. The Hall–Kier alpha value is -3.61. The van der Waals surface area contributed by atoms with Crippen molar-refractivity contribution in [3.8, 4) is 22.6 Å². The third-order valence-electron chi connectivity index (χ3n) is 6.62. The molecule has 0 aromatic heterocycles. The summed E-state index contributed by atoms with van der Waals surface area (Å²) in [5.41, 5.74) is 4.89. The van der Waals surface area contributed by atoms with Gasteiger partial charge >= 0.3 is 0 Å². The monoisotopic (exact) mass is 499 g/mol. The Morgan fingerprint density at radius 1 is 0.861 bits per heavy atom. The van der Waals surface area contributed by atoms with E-state index < -0.39 is 15.1 Å². The molecule has 0 radical (unpaired) electrons. The van der Waals surface area contributed by atoms with Gasteiger partial charge in [0, 0.05) is 12.1 Å². The second-order valence-corrected chi connectivity index (χ2v) is 10.9. The maximum absolute atomic E-state index is 14.0. The molecule has 36 heavy (non-hydrogen) atoms. The molecule has 0 fully saturated rings. The predicted octanol–water partition coefficient (Wildman–Crippen LogP) is 5.60. The van der Waals surface area contributed by atoms with E-state index in [0.29, 0.717) is 18.9 Å². The van der Waals surface area contributed by atoms with Crippen molar-refractivity contribution in [1.29, 1.82) is 0 Å². The minimum absolute atomic E-state index is 0.287. The summed E-state index contributed by atoms with van der Waals surface area (Å²) in [5.74, 6) is 1.36. The maximum Gasteiger partial charge on any atom is 0.186 e. The van der Waals surface area contributed by atoms with Gasteiger partial charge < -0.3 is 14.8 Å². The summed E-state index contributed by atoms with van der Waals surface area (Å²) in [6.07, 6.45) is 0.789. The van der Waals surface area contributed by atoms with Crippen LogP contribution >= 0.6 is 0 Å². The van der Waals surface area contributed by atoms with E-state index in [0.717, 1.165) is 46.5 Å². The number of hydrogen-bond acceptors (Lipinski definition) is 5. The Balaban J connectivity index is 1.44. The van der Waals surface area contributed by atoms with E-state index in [1.807, 2.05) is 72.8 Å². The minimum Gasteiger partial charge on any atom is -0.496 e. The number of fused-ring (bicyclic) bond motifs is 1. The first kappa shape index (κ1) is 24.1. The van der Waals surface area contributed by atoms with Crippen LogP contribution in [-0.4, -0.2) is 28.6 Å². The average molecular weight is 500 g/mol. The fourth-order valence-corrected chi connectivity index (χ4v) is 6.55. The van der Waals surface area contributed by atoms with Gasteiger partial charge in [0.2, 0.25) is 0 Å². The van der Waals surface area contributed by atoms with Crippen LogP contribution < -0.4 is 14.8 Å². The molecule has 184 valence electrons. The van der Waals surface area contributed by atoms with E-state index in [2.05, 4.69) is 5.32 Å². The van der Waals surface area contributed by atoms with Crippen LogP contribution in [0.25, 0.3) is 11.1 Å². The summed E-state index contributed by atoms with van der Waals surface area (Å²) >= 11 is 0. The molecule has 1 aliphatic rings. The van der Waals surface area contributed by atoms with Gasteiger partial charge in [-0.3, -0.25) is 0 Å². The summed E-state index contributed by atoms with van der Waals surface area (Å²) in [4.78, 5) is 0.287. The third-order valence-corrected chi connectivity index (χ3v) is 8.70. The highest BCUT2D eigenvalue weighted by atomic mass is 32.2. The summed E-state index contributed by atoms with van der Waals surface area (Å²) < 4.78 is 39.2. The molecule has 1 atom stereocenters. The lowest BCUT2D eigenvalue weighted by Crippen LogP contribution is -2.26. The van der Waals surface area contributed by atoms with Gasteiger partial charge in [0.1, 0.15) is 23.4 Å². The smallest absolute Gasteiger partial charge is 0.186 e. The van der Waals surface area contributed by atoms with E-state index >= 15 is 0 Å². The summed E-state index contributed by atoms with van der Waals surface area (Å²) in [6.45, 7) is 1.44. The highest BCUT2D eigenvalue weighted by molar-refractivity contribution is 7.91. The molecule has 0 aliphatic carbocycles. The number of ether oxygens (including phenoxy) is 2. The number of nitrogens with one attached hydrogen (secondary N) is 1. The van der Waals surface area contributed by atoms with Gasteiger partial charge in [-0.15, -0.1) is 0 Å². The number of rotatable bonds is 7. The second-order valence-electron chi connectivity index (χ2n) is 8.80. The van der Waals surface area contributed by atoms with Crippen LogP contribution in [0, 0.1) is 0 Å². The van der Waals surface area contributed by atoms with E-state index in [1.165, 1.54) is 0 Å². The zero-order chi connectivity index (χ0) is 25.0. The number of sulfone groups is 1. The zero-order valence-electron chi connectivity index (χ0n) is 20.2. The SMILES string of the molecule is COc1ccccc1COc1ccc(S(=O)(=O)C2CNCCc3cccc(-c4ccccc4)c32)cc1. The van der Waals surface area contributed by atoms with Gasteiger partial charge in [-0.05, 0) is 65.6 Å². The van der Waals surface area contributed by atoms with Crippen molar-refractivity contribution in [1.82, 2.24) is 5.32 Å². The second kappa shape index (κ2) is 10.6. The van der Waals surface area contributed by atoms with E-state index in [1.54, 1.807) is 31.4 Å². The molecule has 0 amide bonds. The van der Waals surface area contributed by atoms with Crippen LogP contribution in [0.2, 0.25) is 0 Å². The molecule has 6 heteroatoms. The summed E-state index contributed by atoms with van der Waals surface area (Å²) in [7, 11) is -2.03. The number of para-hydroxylation sites is 1. The molecule has 0 bridgehead atoms. The van der Waals surface area contributed by atoms with Gasteiger partial charge in [0.05, 0.1) is 12.0 Å². The van der Waals surface area contributed by atoms with Crippen molar-refractivity contribution in [3.63, 3.8) is 0 Å². The Morgan fingerprint density at radius 2 is 1.61 bits per heavy atom. The molecule has 1 heterocycles. The first-order valence-corrected chi connectivity index (χ1v) is 13.6. The minimum atomic E-state index is -3.66. The third kappa shape index (κ3) is 4.87. The fourth-order valence-electron chi connectivity index (χ4n) is 4.78. The quantitative estimate of drug-likeness (QED) is 0.359. The van der Waals surface area contributed by atoms with Gasteiger partial charge in [-0.25, -0.2) is 8.42 Å². The normalized spacial score (nSPS) is 15.5. The van der Waals surface area contributed by atoms with E-state index in [4.69, 9.17) is 9.47 Å². The molecule has 1 unspecified atom stereocenters. The Morgan fingerprint density at radius 3 is 2.39 bits per heavy atom. The fraction of sp³-hybridized carbons (Fsp3) is 0.200. The number of methoxy groups -OCH3 is 1. The van der Waals surface area contributed by atoms with Crippen molar-refractivity contribution in [2.24, 2.45) is 0 Å². The molecule has 1 aliphatic heterocycles. The van der Waals surface area contributed by atoms with Crippen LogP contribution in [0.15, 0.2) is 102 Å². The van der Waals surface area contributed by atoms with Crippen LogP contribution in [0.3, 0.4) is 0 Å². The van der Waals surface area contributed by atoms with Crippen molar-refractivity contribution in [3.05, 3.63) is 114 Å². The lowest BCUT2D eigenvalue weighted by molar-refractivity contribution is 0.296. The first-order valence-electron chi connectivity index (χ1n) is 12.0. The molecular weight excluding hydrogens is 470 g/mol. The number of hydrogen-bond donors (Lipinski definition) is 1. The Kier molecular flexibility index (Phi) is 7.07. The molecule has 4 aromatic rings. The van der Waals surface area contributed by atoms with Crippen molar-refractivity contribution in [2.75, 3.05) is 20.2 Å². The highest BCUT2D eigenvalue weighted by Gasteiger charge is 2.34. The van der Waals surface area contributed by atoms with Crippen molar-refractivity contribution >= 4 is 9.84 Å². The maximum atomic E-state index is 14.0. The van der Waals surface area contributed by atoms with Crippen LogP contribution in [0.5, 0.6) is 11.5 Å². The van der Waals surface area contributed by atoms with E-state index in [-0.39, 0.29) is 4.90 Å². The Bertz CT molecular complexity index is 1430. The summed E-state index contributed by atoms with van der Waals surface area (Å²) in [6, 6.07) is 30.5. The van der Waals surface area contributed by atoms with Gasteiger partial charge in [0.15, 0.2) is 9.84 Å². The predicted molar refractivity (Wildman–Crippen MR) is 142 cm³/mol. The highest BCUT2D eigenvalue weighted by Crippen LogP contribution is 2.39. The molecule has 0 saturated carbocycles. The van der Waals surface area contributed by atoms with Crippen molar-refractivity contribution in [2.45, 2.75) is 23.2 Å². The molecule has 5 nitrogen and oxygen atoms in total. The summed E-state index contributed by atoms with van der Waals surface area (Å²) in [5, 5.41) is 2.66.